The quantitative estimate of drug-likeness (QED) is 0.239. The summed E-state index contributed by atoms with van der Waals surface area (Å²) in [7, 11) is 1.82. The SMILES string of the molecule is CCCCCCNC(=NC)NCCCc1nc2ccccc2[nH]1.I. The molecule has 1 aromatic heterocycles. The average molecular weight is 443 g/mol. The van der Waals surface area contributed by atoms with Crippen LogP contribution in [-0.2, 0) is 6.42 Å². The molecule has 0 aliphatic carbocycles. The van der Waals surface area contributed by atoms with Crippen molar-refractivity contribution in [2.24, 2.45) is 4.99 Å². The van der Waals surface area contributed by atoms with Crippen LogP contribution in [0, 0.1) is 0 Å². The first-order valence-electron chi connectivity index (χ1n) is 8.71. The molecule has 1 heterocycles. The Hall–Kier alpha value is -1.31. The van der Waals surface area contributed by atoms with Crippen molar-refractivity contribution in [1.29, 1.82) is 0 Å². The highest BCUT2D eigenvalue weighted by Crippen LogP contribution is 2.10. The number of hydrogen-bond acceptors (Lipinski definition) is 2. The number of aliphatic imine (C=N–C) groups is 1. The molecule has 3 N–H and O–H groups in total. The van der Waals surface area contributed by atoms with Gasteiger partial charge in [-0.3, -0.25) is 4.99 Å². The first-order chi connectivity index (χ1) is 11.3. The van der Waals surface area contributed by atoms with Crippen LogP contribution < -0.4 is 10.6 Å². The van der Waals surface area contributed by atoms with E-state index in [1.54, 1.807) is 0 Å². The second-order valence-corrected chi connectivity index (χ2v) is 5.79. The molecule has 6 heteroatoms. The number of aryl methyl sites for hydroxylation is 1. The fourth-order valence-corrected chi connectivity index (χ4v) is 2.57. The predicted octanol–water partition coefficient (Wildman–Crippen LogP) is 3.86. The number of aromatic amines is 1. The summed E-state index contributed by atoms with van der Waals surface area (Å²) in [6, 6.07) is 8.15. The Bertz CT molecular complexity index is 575. The molecule has 2 aromatic rings. The maximum Gasteiger partial charge on any atom is 0.190 e. The minimum absolute atomic E-state index is 0. The van der Waals surface area contributed by atoms with Crippen LogP contribution in [0.5, 0.6) is 0 Å². The number of guanidine groups is 1. The number of halogens is 1. The highest BCUT2D eigenvalue weighted by molar-refractivity contribution is 14.0. The van der Waals surface area contributed by atoms with Crippen molar-refractivity contribution in [2.45, 2.75) is 45.4 Å². The fourth-order valence-electron chi connectivity index (χ4n) is 2.57. The van der Waals surface area contributed by atoms with Crippen molar-refractivity contribution in [2.75, 3.05) is 20.1 Å². The molecule has 0 atom stereocenters. The van der Waals surface area contributed by atoms with E-state index in [0.29, 0.717) is 0 Å². The Kier molecular flexibility index (Phi) is 10.5. The molecule has 2 rings (SSSR count). The van der Waals surface area contributed by atoms with Gasteiger partial charge >= 0.3 is 0 Å². The minimum Gasteiger partial charge on any atom is -0.356 e. The molecule has 134 valence electrons. The number of nitrogens with one attached hydrogen (secondary N) is 3. The third-order valence-electron chi connectivity index (χ3n) is 3.87. The van der Waals surface area contributed by atoms with Crippen LogP contribution in [0.3, 0.4) is 0 Å². The van der Waals surface area contributed by atoms with E-state index in [4.69, 9.17) is 0 Å². The molecular formula is C18H30IN5. The Morgan fingerprint density at radius 2 is 1.83 bits per heavy atom. The Morgan fingerprint density at radius 1 is 1.08 bits per heavy atom. The van der Waals surface area contributed by atoms with E-state index in [2.05, 4.69) is 38.6 Å². The molecule has 5 nitrogen and oxygen atoms in total. The minimum atomic E-state index is 0. The molecule has 0 bridgehead atoms. The number of hydrogen-bond donors (Lipinski definition) is 3. The summed E-state index contributed by atoms with van der Waals surface area (Å²) in [5.74, 6) is 1.95. The van der Waals surface area contributed by atoms with Crippen molar-refractivity contribution in [1.82, 2.24) is 20.6 Å². The van der Waals surface area contributed by atoms with Gasteiger partial charge in [0.1, 0.15) is 5.82 Å². The number of para-hydroxylation sites is 2. The molecule has 0 unspecified atom stereocenters. The number of aromatic nitrogens is 2. The van der Waals surface area contributed by atoms with Crippen LogP contribution in [-0.4, -0.2) is 36.1 Å². The summed E-state index contributed by atoms with van der Waals surface area (Å²) in [6.45, 7) is 4.12. The van der Waals surface area contributed by atoms with Crippen molar-refractivity contribution in [3.05, 3.63) is 30.1 Å². The van der Waals surface area contributed by atoms with Gasteiger partial charge in [0.25, 0.3) is 0 Å². The molecule has 0 aliphatic heterocycles. The van der Waals surface area contributed by atoms with Gasteiger partial charge in [0.2, 0.25) is 0 Å². The Morgan fingerprint density at radius 3 is 2.54 bits per heavy atom. The molecule has 0 aliphatic rings. The molecule has 0 amide bonds. The lowest BCUT2D eigenvalue weighted by Crippen LogP contribution is -2.38. The molecule has 0 saturated carbocycles. The van der Waals surface area contributed by atoms with Crippen molar-refractivity contribution >= 4 is 41.0 Å². The molecule has 0 fully saturated rings. The van der Waals surface area contributed by atoms with Crippen molar-refractivity contribution < 1.29 is 0 Å². The lowest BCUT2D eigenvalue weighted by Gasteiger charge is -2.11. The topological polar surface area (TPSA) is 65.1 Å². The number of unbranched alkanes of at least 4 members (excludes halogenated alkanes) is 3. The number of imidazole rings is 1. The van der Waals surface area contributed by atoms with Gasteiger partial charge in [0, 0.05) is 26.6 Å². The smallest absolute Gasteiger partial charge is 0.190 e. The summed E-state index contributed by atoms with van der Waals surface area (Å²) in [5.41, 5.74) is 2.15. The van der Waals surface area contributed by atoms with Gasteiger partial charge in [-0.05, 0) is 25.0 Å². The average Bonchev–Trinajstić information content (AvgIpc) is 2.99. The zero-order valence-corrected chi connectivity index (χ0v) is 17.1. The van der Waals surface area contributed by atoms with Gasteiger partial charge in [-0.2, -0.15) is 0 Å². The molecule has 0 saturated heterocycles. The first kappa shape index (κ1) is 20.7. The van der Waals surface area contributed by atoms with Gasteiger partial charge in [0.05, 0.1) is 11.0 Å². The van der Waals surface area contributed by atoms with Gasteiger partial charge in [-0.25, -0.2) is 4.98 Å². The summed E-state index contributed by atoms with van der Waals surface area (Å²) in [6.07, 6.45) is 7.03. The maximum absolute atomic E-state index is 4.60. The van der Waals surface area contributed by atoms with Crippen molar-refractivity contribution in [3.8, 4) is 0 Å². The lowest BCUT2D eigenvalue weighted by molar-refractivity contribution is 0.644. The fraction of sp³-hybridized carbons (Fsp3) is 0.556. The maximum atomic E-state index is 4.60. The van der Waals surface area contributed by atoms with E-state index in [1.165, 1.54) is 25.7 Å². The van der Waals surface area contributed by atoms with Crippen molar-refractivity contribution in [3.63, 3.8) is 0 Å². The third-order valence-corrected chi connectivity index (χ3v) is 3.87. The molecular weight excluding hydrogens is 413 g/mol. The van der Waals surface area contributed by atoms with Crippen LogP contribution in [0.1, 0.15) is 44.9 Å². The zero-order valence-electron chi connectivity index (χ0n) is 14.8. The monoisotopic (exact) mass is 443 g/mol. The van der Waals surface area contributed by atoms with E-state index in [-0.39, 0.29) is 24.0 Å². The number of rotatable bonds is 9. The second-order valence-electron chi connectivity index (χ2n) is 5.79. The van der Waals surface area contributed by atoms with Crippen LogP contribution >= 0.6 is 24.0 Å². The molecule has 24 heavy (non-hydrogen) atoms. The summed E-state index contributed by atoms with van der Waals surface area (Å²) >= 11 is 0. The van der Waals surface area contributed by atoms with Gasteiger partial charge in [0.15, 0.2) is 5.96 Å². The number of nitrogens with zero attached hydrogens (tertiary/aromatic N) is 2. The zero-order chi connectivity index (χ0) is 16.3. The molecule has 0 radical (unpaired) electrons. The standard InChI is InChI=1S/C18H29N5.HI/c1-3-4-5-8-13-20-18(19-2)21-14-9-12-17-22-15-10-6-7-11-16(15)23-17;/h6-7,10-11H,3-5,8-9,12-14H2,1-2H3,(H,22,23)(H2,19,20,21);1H. The van der Waals surface area contributed by atoms with Crippen LogP contribution in [0.25, 0.3) is 11.0 Å². The lowest BCUT2D eigenvalue weighted by atomic mass is 10.2. The van der Waals surface area contributed by atoms with Gasteiger partial charge < -0.3 is 15.6 Å². The van der Waals surface area contributed by atoms with Gasteiger partial charge in [-0.15, -0.1) is 24.0 Å². The number of fused-ring (bicyclic) bond motifs is 1. The third kappa shape index (κ3) is 7.07. The Labute approximate surface area is 162 Å². The second kappa shape index (κ2) is 12.1. The van der Waals surface area contributed by atoms with Crippen LogP contribution in [0.2, 0.25) is 0 Å². The highest BCUT2D eigenvalue weighted by Gasteiger charge is 2.02. The van der Waals surface area contributed by atoms with E-state index in [1.807, 2.05) is 25.2 Å². The highest BCUT2D eigenvalue weighted by atomic mass is 127. The molecule has 1 aromatic carbocycles. The Balaban J connectivity index is 0.00000288. The normalized spacial score (nSPS) is 11.3. The first-order valence-corrected chi connectivity index (χ1v) is 8.71. The predicted molar refractivity (Wildman–Crippen MR) is 113 cm³/mol. The van der Waals surface area contributed by atoms with E-state index in [0.717, 1.165) is 48.7 Å². The largest absolute Gasteiger partial charge is 0.356 e. The van der Waals surface area contributed by atoms with Crippen LogP contribution in [0.4, 0.5) is 0 Å². The summed E-state index contributed by atoms with van der Waals surface area (Å²) in [4.78, 5) is 12.2. The van der Waals surface area contributed by atoms with E-state index >= 15 is 0 Å². The number of benzene rings is 1. The van der Waals surface area contributed by atoms with E-state index < -0.39 is 0 Å². The van der Waals surface area contributed by atoms with Gasteiger partial charge in [-0.1, -0.05) is 38.3 Å². The van der Waals surface area contributed by atoms with E-state index in [9.17, 15) is 0 Å². The molecule has 0 spiro atoms. The summed E-state index contributed by atoms with van der Waals surface area (Å²) < 4.78 is 0. The van der Waals surface area contributed by atoms with Crippen LogP contribution in [0.15, 0.2) is 29.3 Å². The summed E-state index contributed by atoms with van der Waals surface area (Å²) in [5, 5.41) is 6.73. The number of H-pyrrole nitrogens is 1.